The van der Waals surface area contributed by atoms with Crippen molar-refractivity contribution in [3.8, 4) is 22.6 Å². The van der Waals surface area contributed by atoms with E-state index in [2.05, 4.69) is 0 Å². The molecular weight excluding hydrogens is 330 g/mol. The summed E-state index contributed by atoms with van der Waals surface area (Å²) in [5.41, 5.74) is 7.11. The summed E-state index contributed by atoms with van der Waals surface area (Å²) < 4.78 is 16.2. The van der Waals surface area contributed by atoms with Crippen LogP contribution in [0.1, 0.15) is 0 Å². The Morgan fingerprint density at radius 2 is 1.79 bits per heavy atom. The molecule has 6 heteroatoms. The Labute approximate surface area is 145 Å². The molecule has 0 fully saturated rings. The van der Waals surface area contributed by atoms with E-state index in [-0.39, 0.29) is 17.8 Å². The van der Waals surface area contributed by atoms with Gasteiger partial charge in [-0.1, -0.05) is 12.1 Å². The molecule has 5 nitrogen and oxygen atoms in total. The molecule has 126 valence electrons. The lowest BCUT2D eigenvalue weighted by molar-refractivity contribution is 0.328. The van der Waals surface area contributed by atoms with Crippen molar-refractivity contribution >= 4 is 23.4 Å². The second-order valence-corrected chi connectivity index (χ2v) is 5.00. The minimum absolute atomic E-state index is 0. The van der Waals surface area contributed by atoms with Crippen molar-refractivity contribution in [2.24, 2.45) is 5.73 Å². The predicted octanol–water partition coefficient (Wildman–Crippen LogP) is 3.23. The molecule has 2 N–H and O–H groups in total. The van der Waals surface area contributed by atoms with E-state index < -0.39 is 0 Å². The summed E-state index contributed by atoms with van der Waals surface area (Å²) >= 11 is 0. The van der Waals surface area contributed by atoms with Gasteiger partial charge in [-0.2, -0.15) is 0 Å². The highest BCUT2D eigenvalue weighted by Gasteiger charge is 2.10. The minimum atomic E-state index is -0.0817. The predicted molar refractivity (Wildman–Crippen MR) is 96.3 cm³/mol. The number of rotatable bonds is 5. The van der Waals surface area contributed by atoms with E-state index in [0.717, 1.165) is 11.3 Å². The van der Waals surface area contributed by atoms with E-state index >= 15 is 0 Å². The van der Waals surface area contributed by atoms with Crippen molar-refractivity contribution in [3.63, 3.8) is 0 Å². The number of nitrogens with two attached hydrogens (primary N) is 1. The van der Waals surface area contributed by atoms with Crippen molar-refractivity contribution in [1.29, 1.82) is 0 Å². The monoisotopic (exact) mass is 347 g/mol. The van der Waals surface area contributed by atoms with Gasteiger partial charge in [-0.05, 0) is 29.8 Å². The average molecular weight is 348 g/mol. The van der Waals surface area contributed by atoms with Gasteiger partial charge in [0.2, 0.25) is 0 Å². The summed E-state index contributed by atoms with van der Waals surface area (Å²) in [6.07, 6.45) is 1.47. The standard InChI is InChI=1S/C18H17NO4.ClH/c1-21-13-4-2-12(3-5-13)16-11-23-17-10-14(22-9-8-19)6-7-15(17)18(16)20;/h2-7,10-11H,8-9,19H2,1H3;1H. The summed E-state index contributed by atoms with van der Waals surface area (Å²) in [4.78, 5) is 12.7. The third-order valence-corrected chi connectivity index (χ3v) is 3.53. The van der Waals surface area contributed by atoms with Crippen LogP contribution in [0.5, 0.6) is 11.5 Å². The minimum Gasteiger partial charge on any atom is -0.497 e. The van der Waals surface area contributed by atoms with E-state index in [0.29, 0.717) is 35.4 Å². The van der Waals surface area contributed by atoms with Crippen LogP contribution in [0.3, 0.4) is 0 Å². The Balaban J connectivity index is 0.00000208. The van der Waals surface area contributed by atoms with Gasteiger partial charge in [0.25, 0.3) is 0 Å². The second-order valence-electron chi connectivity index (χ2n) is 5.00. The molecule has 0 spiro atoms. The van der Waals surface area contributed by atoms with Gasteiger partial charge in [-0.25, -0.2) is 0 Å². The van der Waals surface area contributed by atoms with Gasteiger partial charge >= 0.3 is 0 Å². The molecule has 0 saturated carbocycles. The normalized spacial score (nSPS) is 10.2. The SMILES string of the molecule is COc1ccc(-c2coc3cc(OCCN)ccc3c2=O)cc1.Cl. The van der Waals surface area contributed by atoms with E-state index in [4.69, 9.17) is 19.6 Å². The average Bonchev–Trinajstić information content (AvgIpc) is 2.60. The first-order valence-corrected chi connectivity index (χ1v) is 7.26. The second kappa shape index (κ2) is 7.86. The van der Waals surface area contributed by atoms with Crippen molar-refractivity contribution in [2.75, 3.05) is 20.3 Å². The molecule has 0 aliphatic carbocycles. The zero-order valence-electron chi connectivity index (χ0n) is 13.2. The Morgan fingerprint density at radius 1 is 1.08 bits per heavy atom. The lowest BCUT2D eigenvalue weighted by Gasteiger charge is -2.07. The van der Waals surface area contributed by atoms with E-state index in [1.165, 1.54) is 6.26 Å². The topological polar surface area (TPSA) is 74.7 Å². The van der Waals surface area contributed by atoms with Crippen LogP contribution in [0, 0.1) is 0 Å². The molecule has 3 aromatic rings. The fourth-order valence-corrected chi connectivity index (χ4v) is 2.35. The van der Waals surface area contributed by atoms with Gasteiger partial charge < -0.3 is 19.6 Å². The largest absolute Gasteiger partial charge is 0.497 e. The van der Waals surface area contributed by atoms with E-state index in [9.17, 15) is 4.79 Å². The zero-order valence-corrected chi connectivity index (χ0v) is 14.0. The van der Waals surface area contributed by atoms with Gasteiger partial charge in [0.1, 0.15) is 30.0 Å². The van der Waals surface area contributed by atoms with Crippen LogP contribution in [0.4, 0.5) is 0 Å². The molecule has 0 atom stereocenters. The van der Waals surface area contributed by atoms with Crippen molar-refractivity contribution < 1.29 is 13.9 Å². The van der Waals surface area contributed by atoms with Crippen LogP contribution in [0.25, 0.3) is 22.1 Å². The highest BCUT2D eigenvalue weighted by atomic mass is 35.5. The summed E-state index contributed by atoms with van der Waals surface area (Å²) in [6, 6.07) is 12.4. The molecule has 0 aliphatic heterocycles. The molecule has 24 heavy (non-hydrogen) atoms. The lowest BCUT2D eigenvalue weighted by Crippen LogP contribution is -2.10. The Kier molecular flexibility index (Phi) is 5.84. The fourth-order valence-electron chi connectivity index (χ4n) is 2.35. The smallest absolute Gasteiger partial charge is 0.200 e. The van der Waals surface area contributed by atoms with Gasteiger partial charge in [0, 0.05) is 12.6 Å². The number of fused-ring (bicyclic) bond motifs is 1. The number of ether oxygens (including phenoxy) is 2. The van der Waals surface area contributed by atoms with Crippen LogP contribution in [-0.2, 0) is 0 Å². The van der Waals surface area contributed by atoms with Gasteiger partial charge in [0.15, 0.2) is 5.43 Å². The Morgan fingerprint density at radius 3 is 2.46 bits per heavy atom. The first kappa shape index (κ1) is 17.8. The number of benzene rings is 2. The maximum atomic E-state index is 12.7. The fraction of sp³-hybridized carbons (Fsp3) is 0.167. The molecule has 2 aromatic carbocycles. The lowest BCUT2D eigenvalue weighted by atomic mass is 10.1. The first-order valence-electron chi connectivity index (χ1n) is 7.26. The summed E-state index contributed by atoms with van der Waals surface area (Å²) in [7, 11) is 1.60. The summed E-state index contributed by atoms with van der Waals surface area (Å²) in [5, 5.41) is 0.512. The molecule has 3 rings (SSSR count). The molecule has 0 bridgehead atoms. The van der Waals surface area contributed by atoms with Crippen LogP contribution < -0.4 is 20.6 Å². The maximum Gasteiger partial charge on any atom is 0.200 e. The molecule has 1 heterocycles. The van der Waals surface area contributed by atoms with Crippen LogP contribution in [0.15, 0.2) is 57.9 Å². The van der Waals surface area contributed by atoms with Crippen molar-refractivity contribution in [1.82, 2.24) is 0 Å². The number of hydrogen-bond donors (Lipinski definition) is 1. The third kappa shape index (κ3) is 3.53. The summed E-state index contributed by atoms with van der Waals surface area (Å²) in [6.45, 7) is 0.845. The van der Waals surface area contributed by atoms with Crippen LogP contribution >= 0.6 is 12.4 Å². The van der Waals surface area contributed by atoms with Crippen LogP contribution in [0.2, 0.25) is 0 Å². The number of hydrogen-bond acceptors (Lipinski definition) is 5. The number of halogens is 1. The Bertz CT molecular complexity index is 874. The highest BCUT2D eigenvalue weighted by molar-refractivity contribution is 5.85. The zero-order chi connectivity index (χ0) is 16.2. The molecule has 0 unspecified atom stereocenters. The Hall–Kier alpha value is -2.50. The molecule has 0 radical (unpaired) electrons. The first-order chi connectivity index (χ1) is 11.2. The number of methoxy groups -OCH3 is 1. The van der Waals surface area contributed by atoms with Crippen LogP contribution in [-0.4, -0.2) is 20.3 Å². The van der Waals surface area contributed by atoms with Gasteiger partial charge in [-0.3, -0.25) is 4.79 Å². The molecule has 0 amide bonds. The molecule has 0 aliphatic rings. The van der Waals surface area contributed by atoms with E-state index in [1.807, 2.05) is 24.3 Å². The van der Waals surface area contributed by atoms with Gasteiger partial charge in [0.05, 0.1) is 18.1 Å². The molecule has 0 saturated heterocycles. The summed E-state index contributed by atoms with van der Waals surface area (Å²) in [5.74, 6) is 1.36. The van der Waals surface area contributed by atoms with Crippen molar-refractivity contribution in [2.45, 2.75) is 0 Å². The third-order valence-electron chi connectivity index (χ3n) is 3.53. The molecule has 1 aromatic heterocycles. The van der Waals surface area contributed by atoms with E-state index in [1.54, 1.807) is 25.3 Å². The van der Waals surface area contributed by atoms with Crippen molar-refractivity contribution in [3.05, 3.63) is 59.0 Å². The maximum absolute atomic E-state index is 12.7. The highest BCUT2D eigenvalue weighted by Crippen LogP contribution is 2.24. The van der Waals surface area contributed by atoms with Gasteiger partial charge in [-0.15, -0.1) is 12.4 Å². The molecular formula is C18H18ClNO4. The quantitative estimate of drug-likeness (QED) is 0.767.